The Morgan fingerprint density at radius 3 is 2.32 bits per heavy atom. The van der Waals surface area contributed by atoms with Crippen LogP contribution in [-0.2, 0) is 4.79 Å². The van der Waals surface area contributed by atoms with Gasteiger partial charge in [-0.15, -0.1) is 0 Å². The van der Waals surface area contributed by atoms with E-state index in [2.05, 4.69) is 19.2 Å². The molecule has 0 heterocycles. The van der Waals surface area contributed by atoms with Crippen LogP contribution in [0.2, 0.25) is 0 Å². The smallest absolute Gasteiger partial charge is 0.306 e. The molecule has 0 aromatic heterocycles. The summed E-state index contributed by atoms with van der Waals surface area (Å²) in [6.45, 7) is 5.18. The van der Waals surface area contributed by atoms with Crippen LogP contribution in [0.4, 0.5) is 0 Å². The largest absolute Gasteiger partial charge is 0.481 e. The number of rotatable bonds is 4. The fourth-order valence-electron chi connectivity index (χ4n) is 3.55. The van der Waals surface area contributed by atoms with Crippen molar-refractivity contribution < 1.29 is 15.0 Å². The minimum absolute atomic E-state index is 0.259. The van der Waals surface area contributed by atoms with Crippen LogP contribution >= 0.6 is 0 Å². The van der Waals surface area contributed by atoms with Gasteiger partial charge < -0.3 is 15.5 Å². The summed E-state index contributed by atoms with van der Waals surface area (Å²) in [5.74, 6) is 0.452. The van der Waals surface area contributed by atoms with Crippen molar-refractivity contribution in [2.45, 2.75) is 64.0 Å². The highest BCUT2D eigenvalue weighted by Gasteiger charge is 2.37. The minimum Gasteiger partial charge on any atom is -0.481 e. The van der Waals surface area contributed by atoms with Crippen molar-refractivity contribution in [1.29, 1.82) is 0 Å². The SMILES string of the molecule is CC1CCC(NCC2(O)CCC(C(=O)O)CC2)C1C. The van der Waals surface area contributed by atoms with Crippen LogP contribution in [0.5, 0.6) is 0 Å². The van der Waals surface area contributed by atoms with Gasteiger partial charge in [-0.25, -0.2) is 0 Å². The van der Waals surface area contributed by atoms with Crippen LogP contribution in [0, 0.1) is 17.8 Å². The molecule has 19 heavy (non-hydrogen) atoms. The normalized spacial score (nSPS) is 43.3. The first-order chi connectivity index (χ1) is 8.91. The second-order valence-corrected chi connectivity index (χ2v) is 6.74. The van der Waals surface area contributed by atoms with E-state index in [9.17, 15) is 9.90 Å². The standard InChI is InChI=1S/C15H27NO3/c1-10-3-4-13(11(10)2)16-9-15(19)7-5-12(6-8-15)14(17)18/h10-13,16,19H,3-9H2,1-2H3,(H,17,18). The van der Waals surface area contributed by atoms with Crippen LogP contribution in [0.15, 0.2) is 0 Å². The van der Waals surface area contributed by atoms with Crippen molar-refractivity contribution in [2.24, 2.45) is 17.8 Å². The van der Waals surface area contributed by atoms with Crippen molar-refractivity contribution in [3.05, 3.63) is 0 Å². The number of carboxylic acid groups (broad SMARTS) is 1. The predicted octanol–water partition coefficient (Wildman–Crippen LogP) is 2.02. The summed E-state index contributed by atoms with van der Waals surface area (Å²) in [6.07, 6.45) is 4.87. The molecule has 2 aliphatic rings. The van der Waals surface area contributed by atoms with Gasteiger partial charge in [0.15, 0.2) is 0 Å². The van der Waals surface area contributed by atoms with Gasteiger partial charge in [0.05, 0.1) is 11.5 Å². The molecule has 0 aromatic rings. The third-order valence-corrected chi connectivity index (χ3v) is 5.42. The molecule has 4 nitrogen and oxygen atoms in total. The van der Waals surface area contributed by atoms with E-state index in [1.165, 1.54) is 12.8 Å². The molecular formula is C15H27NO3. The maximum Gasteiger partial charge on any atom is 0.306 e. The van der Waals surface area contributed by atoms with E-state index in [0.29, 0.717) is 44.2 Å². The van der Waals surface area contributed by atoms with E-state index >= 15 is 0 Å². The summed E-state index contributed by atoms with van der Waals surface area (Å²) in [7, 11) is 0. The van der Waals surface area contributed by atoms with Crippen molar-refractivity contribution >= 4 is 5.97 Å². The molecule has 0 aliphatic heterocycles. The van der Waals surface area contributed by atoms with E-state index in [1.54, 1.807) is 0 Å². The van der Waals surface area contributed by atoms with Crippen molar-refractivity contribution in [2.75, 3.05) is 6.54 Å². The highest BCUT2D eigenvalue weighted by molar-refractivity contribution is 5.70. The number of hydrogen-bond donors (Lipinski definition) is 3. The molecule has 2 aliphatic carbocycles. The molecule has 0 bridgehead atoms. The molecule has 3 atom stereocenters. The van der Waals surface area contributed by atoms with Gasteiger partial charge in [-0.3, -0.25) is 4.79 Å². The Morgan fingerprint density at radius 2 is 1.84 bits per heavy atom. The molecule has 0 aromatic carbocycles. The number of aliphatic carboxylic acids is 1. The third kappa shape index (κ3) is 3.48. The fourth-order valence-corrected chi connectivity index (χ4v) is 3.55. The Hall–Kier alpha value is -0.610. The monoisotopic (exact) mass is 269 g/mol. The Kier molecular flexibility index (Phi) is 4.51. The topological polar surface area (TPSA) is 69.6 Å². The molecule has 0 saturated heterocycles. The quantitative estimate of drug-likeness (QED) is 0.730. The summed E-state index contributed by atoms with van der Waals surface area (Å²) < 4.78 is 0. The molecule has 0 amide bonds. The number of nitrogens with one attached hydrogen (secondary N) is 1. The second kappa shape index (κ2) is 5.80. The molecule has 2 fully saturated rings. The maximum absolute atomic E-state index is 10.9. The molecule has 4 heteroatoms. The minimum atomic E-state index is -0.715. The van der Waals surface area contributed by atoms with Crippen LogP contribution in [-0.4, -0.2) is 34.4 Å². The summed E-state index contributed by atoms with van der Waals surface area (Å²) in [6, 6.07) is 0.510. The summed E-state index contributed by atoms with van der Waals surface area (Å²) in [4.78, 5) is 10.9. The van der Waals surface area contributed by atoms with Gasteiger partial charge >= 0.3 is 5.97 Å². The van der Waals surface area contributed by atoms with Crippen LogP contribution < -0.4 is 5.32 Å². The second-order valence-electron chi connectivity index (χ2n) is 6.74. The molecule has 3 N–H and O–H groups in total. The predicted molar refractivity (Wildman–Crippen MR) is 73.9 cm³/mol. The molecule has 2 saturated carbocycles. The van der Waals surface area contributed by atoms with Crippen molar-refractivity contribution in [3.8, 4) is 0 Å². The maximum atomic E-state index is 10.9. The summed E-state index contributed by atoms with van der Waals surface area (Å²) >= 11 is 0. The zero-order valence-electron chi connectivity index (χ0n) is 12.1. The first-order valence-electron chi connectivity index (χ1n) is 7.60. The first kappa shape index (κ1) is 14.8. The molecule has 110 valence electrons. The third-order valence-electron chi connectivity index (χ3n) is 5.42. The zero-order valence-corrected chi connectivity index (χ0v) is 12.1. The number of aliphatic hydroxyl groups is 1. The van der Waals surface area contributed by atoms with E-state index in [0.717, 1.165) is 5.92 Å². The lowest BCUT2D eigenvalue weighted by atomic mass is 9.78. The van der Waals surface area contributed by atoms with Gasteiger partial charge in [0.1, 0.15) is 0 Å². The molecule has 3 unspecified atom stereocenters. The highest BCUT2D eigenvalue weighted by atomic mass is 16.4. The summed E-state index contributed by atoms with van der Waals surface area (Å²) in [5, 5.41) is 23.0. The molecule has 0 radical (unpaired) electrons. The lowest BCUT2D eigenvalue weighted by molar-refractivity contribution is -0.144. The van der Waals surface area contributed by atoms with E-state index in [-0.39, 0.29) is 5.92 Å². The van der Waals surface area contributed by atoms with E-state index < -0.39 is 11.6 Å². The Labute approximate surface area is 115 Å². The Morgan fingerprint density at radius 1 is 1.21 bits per heavy atom. The van der Waals surface area contributed by atoms with Gasteiger partial charge in [-0.05, 0) is 50.4 Å². The van der Waals surface area contributed by atoms with Crippen molar-refractivity contribution in [1.82, 2.24) is 5.32 Å². The fraction of sp³-hybridized carbons (Fsp3) is 0.933. The van der Waals surface area contributed by atoms with E-state index in [4.69, 9.17) is 5.11 Å². The van der Waals surface area contributed by atoms with Gasteiger partial charge in [-0.2, -0.15) is 0 Å². The first-order valence-corrected chi connectivity index (χ1v) is 7.60. The molecular weight excluding hydrogens is 242 g/mol. The van der Waals surface area contributed by atoms with Gasteiger partial charge in [0.25, 0.3) is 0 Å². The average molecular weight is 269 g/mol. The Balaban J connectivity index is 1.78. The van der Waals surface area contributed by atoms with E-state index in [1.807, 2.05) is 0 Å². The lowest BCUT2D eigenvalue weighted by Crippen LogP contribution is -2.48. The number of hydrogen-bond acceptors (Lipinski definition) is 3. The molecule has 2 rings (SSSR count). The lowest BCUT2D eigenvalue weighted by Gasteiger charge is -2.36. The van der Waals surface area contributed by atoms with Gasteiger partial charge in [0, 0.05) is 12.6 Å². The number of carboxylic acids is 1. The zero-order chi connectivity index (χ0) is 14.0. The Bertz CT molecular complexity index is 323. The average Bonchev–Trinajstić information content (AvgIpc) is 2.68. The number of carbonyl (C=O) groups is 1. The highest BCUT2D eigenvalue weighted by Crippen LogP contribution is 2.34. The van der Waals surface area contributed by atoms with Crippen LogP contribution in [0.1, 0.15) is 52.4 Å². The van der Waals surface area contributed by atoms with Crippen molar-refractivity contribution in [3.63, 3.8) is 0 Å². The summed E-state index contributed by atoms with van der Waals surface area (Å²) in [5.41, 5.74) is -0.697. The van der Waals surface area contributed by atoms with Gasteiger partial charge in [-0.1, -0.05) is 13.8 Å². The van der Waals surface area contributed by atoms with Crippen LogP contribution in [0.3, 0.4) is 0 Å². The molecule has 0 spiro atoms. The van der Waals surface area contributed by atoms with Gasteiger partial charge in [0.2, 0.25) is 0 Å². The van der Waals surface area contributed by atoms with Crippen LogP contribution in [0.25, 0.3) is 0 Å².